The number of hydrogen-bond donors (Lipinski definition) is 0. The van der Waals surface area contributed by atoms with E-state index in [-0.39, 0.29) is 12.0 Å². The predicted molar refractivity (Wildman–Crippen MR) is 113 cm³/mol. The van der Waals surface area contributed by atoms with Gasteiger partial charge in [0, 0.05) is 23.3 Å². The molecule has 152 valence electrons. The summed E-state index contributed by atoms with van der Waals surface area (Å²) in [5, 5.41) is 1.02. The highest BCUT2D eigenvalue weighted by atomic mass is 32.1. The van der Waals surface area contributed by atoms with Gasteiger partial charge >= 0.3 is 0 Å². The lowest BCUT2D eigenvalue weighted by atomic mass is 9.92. The molecule has 4 rings (SSSR count). The van der Waals surface area contributed by atoms with Crippen LogP contribution in [0.1, 0.15) is 74.6 Å². The van der Waals surface area contributed by atoms with Crippen LogP contribution in [0.5, 0.6) is 5.88 Å². The van der Waals surface area contributed by atoms with Gasteiger partial charge in [-0.25, -0.2) is 9.97 Å². The van der Waals surface area contributed by atoms with Gasteiger partial charge in [-0.15, -0.1) is 11.3 Å². The zero-order valence-electron chi connectivity index (χ0n) is 17.2. The quantitative estimate of drug-likeness (QED) is 0.671. The maximum Gasteiger partial charge on any atom is 0.225 e. The van der Waals surface area contributed by atoms with Crippen molar-refractivity contribution in [3.63, 3.8) is 0 Å². The number of ether oxygens (including phenoxy) is 1. The van der Waals surface area contributed by atoms with Gasteiger partial charge < -0.3 is 9.64 Å². The van der Waals surface area contributed by atoms with Crippen LogP contribution in [0, 0.1) is 0 Å². The number of nitrogens with zero attached hydrogens (tertiary/aromatic N) is 3. The molecular weight excluding hydrogens is 370 g/mol. The number of carbonyl (C=O) groups is 1. The zero-order valence-corrected chi connectivity index (χ0v) is 18.1. The molecule has 1 fully saturated rings. The molecule has 0 bridgehead atoms. The van der Waals surface area contributed by atoms with E-state index in [0.717, 1.165) is 61.6 Å². The lowest BCUT2D eigenvalue weighted by molar-refractivity contribution is -0.120. The second kappa shape index (κ2) is 8.46. The van der Waals surface area contributed by atoms with Crippen LogP contribution >= 0.6 is 11.3 Å². The van der Waals surface area contributed by atoms with Crippen LogP contribution < -0.4 is 4.74 Å². The minimum absolute atomic E-state index is 0.00753. The van der Waals surface area contributed by atoms with E-state index in [2.05, 4.69) is 35.9 Å². The molecule has 0 N–H and O–H groups in total. The summed E-state index contributed by atoms with van der Waals surface area (Å²) in [6.45, 7) is 2.14. The van der Waals surface area contributed by atoms with Crippen LogP contribution in [0.2, 0.25) is 0 Å². The molecule has 2 heterocycles. The van der Waals surface area contributed by atoms with E-state index in [0.29, 0.717) is 24.1 Å². The molecule has 0 aromatic carbocycles. The standard InChI is InChI=1S/C22H31N3O2S/c1-4-5-6-17(26)16-11-12-18-19(16)20-21(23-13-24-22(20)28-18)27-15-9-7-14(8-10-15)25(2)3/h13-16H,4-12H2,1-3H3. The zero-order chi connectivity index (χ0) is 19.7. The van der Waals surface area contributed by atoms with Crippen molar-refractivity contribution in [1.82, 2.24) is 14.9 Å². The molecule has 2 aliphatic carbocycles. The number of thiophene rings is 1. The van der Waals surface area contributed by atoms with E-state index in [4.69, 9.17) is 4.74 Å². The molecule has 1 atom stereocenters. The Balaban J connectivity index is 1.58. The van der Waals surface area contributed by atoms with Gasteiger partial charge in [0.05, 0.1) is 5.39 Å². The molecule has 6 heteroatoms. The predicted octanol–water partition coefficient (Wildman–Crippen LogP) is 4.73. The van der Waals surface area contributed by atoms with Crippen LogP contribution in [-0.2, 0) is 11.2 Å². The smallest absolute Gasteiger partial charge is 0.225 e. The van der Waals surface area contributed by atoms with Crippen molar-refractivity contribution in [3.8, 4) is 5.88 Å². The monoisotopic (exact) mass is 401 g/mol. The number of rotatable bonds is 7. The molecule has 2 aromatic rings. The number of ketones is 1. The fraction of sp³-hybridized carbons (Fsp3) is 0.682. The normalized spacial score (nSPS) is 24.6. The van der Waals surface area contributed by atoms with Crippen molar-refractivity contribution in [1.29, 1.82) is 0 Å². The number of fused-ring (bicyclic) bond motifs is 3. The van der Waals surface area contributed by atoms with E-state index < -0.39 is 0 Å². The highest BCUT2D eigenvalue weighted by molar-refractivity contribution is 7.19. The second-order valence-corrected chi connectivity index (χ2v) is 9.55. The Morgan fingerprint density at radius 1 is 1.21 bits per heavy atom. The summed E-state index contributed by atoms with van der Waals surface area (Å²) in [6.07, 6.45) is 10.9. The average Bonchev–Trinajstić information content (AvgIpc) is 3.26. The number of Topliss-reactive ketones (excluding diaryl/α,β-unsaturated/α-hetero) is 1. The highest BCUT2D eigenvalue weighted by Crippen LogP contribution is 2.47. The number of hydrogen-bond acceptors (Lipinski definition) is 6. The Bertz CT molecular complexity index is 840. The molecule has 0 saturated heterocycles. The van der Waals surface area contributed by atoms with E-state index in [1.54, 1.807) is 17.7 Å². The van der Waals surface area contributed by atoms with E-state index >= 15 is 0 Å². The Hall–Kier alpha value is -1.53. The molecule has 0 spiro atoms. The van der Waals surface area contributed by atoms with Crippen LogP contribution in [0.15, 0.2) is 6.33 Å². The van der Waals surface area contributed by atoms with Crippen molar-refractivity contribution >= 4 is 27.3 Å². The minimum Gasteiger partial charge on any atom is -0.474 e. The van der Waals surface area contributed by atoms with Gasteiger partial charge in [0.15, 0.2) is 0 Å². The first kappa shape index (κ1) is 19.8. The van der Waals surface area contributed by atoms with E-state index in [1.165, 1.54) is 10.4 Å². The third kappa shape index (κ3) is 3.81. The fourth-order valence-corrected chi connectivity index (χ4v) is 5.93. The highest BCUT2D eigenvalue weighted by Gasteiger charge is 2.34. The van der Waals surface area contributed by atoms with Gasteiger partial charge in [-0.05, 0) is 64.6 Å². The summed E-state index contributed by atoms with van der Waals surface area (Å²) in [7, 11) is 4.31. The number of unbranched alkanes of at least 4 members (excludes halogenated alkanes) is 1. The average molecular weight is 402 g/mol. The summed E-state index contributed by atoms with van der Waals surface area (Å²) in [6, 6.07) is 0.649. The van der Waals surface area contributed by atoms with Crippen LogP contribution in [0.25, 0.3) is 10.2 Å². The molecule has 1 saturated carbocycles. The molecule has 0 aliphatic heterocycles. The second-order valence-electron chi connectivity index (χ2n) is 8.47. The summed E-state index contributed by atoms with van der Waals surface area (Å²) in [5.74, 6) is 1.08. The van der Waals surface area contributed by atoms with Gasteiger partial charge in [0.25, 0.3) is 0 Å². The van der Waals surface area contributed by atoms with Crippen molar-refractivity contribution in [2.75, 3.05) is 14.1 Å². The maximum atomic E-state index is 12.8. The van der Waals surface area contributed by atoms with Crippen LogP contribution in [0.3, 0.4) is 0 Å². The molecule has 28 heavy (non-hydrogen) atoms. The molecular formula is C22H31N3O2S. The number of aromatic nitrogens is 2. The fourth-order valence-electron chi connectivity index (χ4n) is 4.72. The Morgan fingerprint density at radius 3 is 2.71 bits per heavy atom. The summed E-state index contributed by atoms with van der Waals surface area (Å²) >= 11 is 1.72. The Kier molecular flexibility index (Phi) is 5.97. The molecule has 5 nitrogen and oxygen atoms in total. The first-order valence-corrected chi connectivity index (χ1v) is 11.5. The minimum atomic E-state index is 0.00753. The largest absolute Gasteiger partial charge is 0.474 e. The van der Waals surface area contributed by atoms with Crippen molar-refractivity contribution in [3.05, 3.63) is 16.8 Å². The third-order valence-electron chi connectivity index (χ3n) is 6.39. The van der Waals surface area contributed by atoms with Crippen molar-refractivity contribution in [2.45, 2.75) is 82.8 Å². The van der Waals surface area contributed by atoms with Gasteiger partial charge in [0.2, 0.25) is 5.88 Å². The van der Waals surface area contributed by atoms with Crippen LogP contribution in [-0.4, -0.2) is 46.9 Å². The summed E-state index contributed by atoms with van der Waals surface area (Å²) < 4.78 is 6.42. The SMILES string of the molecule is CCCCC(=O)C1CCc2sc3ncnc(OC4CCC(N(C)C)CC4)c3c21. The van der Waals surface area contributed by atoms with E-state index in [9.17, 15) is 4.79 Å². The number of aryl methyl sites for hydroxylation is 1. The maximum absolute atomic E-state index is 12.8. The van der Waals surface area contributed by atoms with Gasteiger partial charge in [-0.1, -0.05) is 13.3 Å². The number of carbonyl (C=O) groups excluding carboxylic acids is 1. The topological polar surface area (TPSA) is 55.3 Å². The third-order valence-corrected chi connectivity index (χ3v) is 7.57. The lowest BCUT2D eigenvalue weighted by Gasteiger charge is -2.32. The van der Waals surface area contributed by atoms with Crippen molar-refractivity contribution in [2.24, 2.45) is 0 Å². The van der Waals surface area contributed by atoms with E-state index in [1.807, 2.05) is 0 Å². The van der Waals surface area contributed by atoms with Crippen LogP contribution in [0.4, 0.5) is 0 Å². The molecule has 2 aliphatic rings. The molecule has 2 aromatic heterocycles. The summed E-state index contributed by atoms with van der Waals surface area (Å²) in [4.78, 5) is 26.4. The van der Waals surface area contributed by atoms with Crippen molar-refractivity contribution < 1.29 is 9.53 Å². The van der Waals surface area contributed by atoms with Gasteiger partial charge in [-0.2, -0.15) is 0 Å². The molecule has 0 radical (unpaired) electrons. The first-order chi connectivity index (χ1) is 13.6. The molecule has 1 unspecified atom stereocenters. The Labute approximate surface area is 171 Å². The first-order valence-electron chi connectivity index (χ1n) is 10.7. The van der Waals surface area contributed by atoms with Gasteiger partial charge in [0.1, 0.15) is 23.0 Å². The lowest BCUT2D eigenvalue weighted by Crippen LogP contribution is -2.35. The molecule has 0 amide bonds. The Morgan fingerprint density at radius 2 is 2.00 bits per heavy atom. The van der Waals surface area contributed by atoms with Gasteiger partial charge in [-0.3, -0.25) is 4.79 Å². The summed E-state index contributed by atoms with van der Waals surface area (Å²) in [5.41, 5.74) is 1.18.